The van der Waals surface area contributed by atoms with Crippen LogP contribution in [0.4, 0.5) is 0 Å². The molecule has 0 amide bonds. The minimum Gasteiger partial charge on any atom is -0.392 e. The summed E-state index contributed by atoms with van der Waals surface area (Å²) in [6.45, 7) is 10.6. The lowest BCUT2D eigenvalue weighted by atomic mass is 9.93. The topological polar surface area (TPSA) is 35.5 Å². The molecule has 2 N–H and O–H groups in total. The Bertz CT molecular complexity index is 173. The molecule has 0 saturated carbocycles. The maximum absolute atomic E-state index is 9.34. The zero-order valence-electron chi connectivity index (χ0n) is 10.4. The molecule has 0 aliphatic carbocycles. The molecule has 1 heterocycles. The summed E-state index contributed by atoms with van der Waals surface area (Å²) < 4.78 is 0. The lowest BCUT2D eigenvalue weighted by Crippen LogP contribution is -2.49. The molecular weight excluding hydrogens is 188 g/mol. The average molecular weight is 214 g/mol. The van der Waals surface area contributed by atoms with Crippen molar-refractivity contribution in [1.82, 2.24) is 10.2 Å². The Morgan fingerprint density at radius 1 is 1.53 bits per heavy atom. The van der Waals surface area contributed by atoms with E-state index in [9.17, 15) is 5.11 Å². The van der Waals surface area contributed by atoms with Crippen molar-refractivity contribution in [2.24, 2.45) is 5.92 Å². The van der Waals surface area contributed by atoms with E-state index in [0.717, 1.165) is 26.2 Å². The summed E-state index contributed by atoms with van der Waals surface area (Å²) in [5, 5.41) is 12.9. The van der Waals surface area contributed by atoms with Crippen LogP contribution in [0.25, 0.3) is 0 Å². The van der Waals surface area contributed by atoms with E-state index in [1.54, 1.807) is 0 Å². The highest BCUT2D eigenvalue weighted by Crippen LogP contribution is 2.16. The number of rotatable bonds is 5. The van der Waals surface area contributed by atoms with E-state index < -0.39 is 0 Å². The number of hydrogen-bond donors (Lipinski definition) is 2. The van der Waals surface area contributed by atoms with Crippen LogP contribution in [0.2, 0.25) is 0 Å². The Hall–Kier alpha value is -0.120. The first-order chi connectivity index (χ1) is 7.13. The molecule has 0 radical (unpaired) electrons. The molecule has 0 aromatic heterocycles. The number of likely N-dealkylation sites (tertiary alicyclic amines) is 1. The smallest absolute Gasteiger partial charge is 0.0639 e. The number of nitrogens with zero attached hydrogens (tertiary/aromatic N) is 1. The van der Waals surface area contributed by atoms with E-state index in [0.29, 0.717) is 12.0 Å². The minimum atomic E-state index is -0.197. The fourth-order valence-electron chi connectivity index (χ4n) is 2.40. The van der Waals surface area contributed by atoms with Crippen molar-refractivity contribution in [3.05, 3.63) is 0 Å². The summed E-state index contributed by atoms with van der Waals surface area (Å²) in [5.74, 6) is 0.698. The van der Waals surface area contributed by atoms with Crippen LogP contribution in [0.1, 0.15) is 33.6 Å². The van der Waals surface area contributed by atoms with Crippen molar-refractivity contribution in [3.8, 4) is 0 Å². The van der Waals surface area contributed by atoms with Crippen molar-refractivity contribution < 1.29 is 5.11 Å². The summed E-state index contributed by atoms with van der Waals surface area (Å²) in [6.07, 6.45) is 2.23. The van der Waals surface area contributed by atoms with Gasteiger partial charge in [0.25, 0.3) is 0 Å². The van der Waals surface area contributed by atoms with E-state index in [1.807, 2.05) is 6.92 Å². The van der Waals surface area contributed by atoms with Gasteiger partial charge in [0.05, 0.1) is 6.10 Å². The number of nitrogens with one attached hydrogen (secondary N) is 1. The van der Waals surface area contributed by atoms with Gasteiger partial charge in [-0.1, -0.05) is 13.8 Å². The van der Waals surface area contributed by atoms with Gasteiger partial charge in [-0.2, -0.15) is 0 Å². The fourth-order valence-corrected chi connectivity index (χ4v) is 2.40. The lowest BCUT2D eigenvalue weighted by molar-refractivity contribution is 0.0845. The number of β-amino-alcohol motifs (C(OH)–C–C–N with tert-alkyl or cyclic N) is 1. The number of hydrogen-bond acceptors (Lipinski definition) is 3. The second kappa shape index (κ2) is 6.46. The maximum atomic E-state index is 9.34. The van der Waals surface area contributed by atoms with E-state index in [-0.39, 0.29) is 6.10 Å². The maximum Gasteiger partial charge on any atom is 0.0639 e. The SMILES string of the molecule is CCCNC1CCN(CC(C)O)CC1C. The number of aliphatic hydroxyl groups is 1. The Morgan fingerprint density at radius 2 is 2.27 bits per heavy atom. The normalized spacial score (nSPS) is 30.4. The zero-order chi connectivity index (χ0) is 11.3. The lowest BCUT2D eigenvalue weighted by Gasteiger charge is -2.37. The highest BCUT2D eigenvalue weighted by molar-refractivity contribution is 4.83. The molecule has 3 heteroatoms. The fraction of sp³-hybridized carbons (Fsp3) is 1.00. The highest BCUT2D eigenvalue weighted by Gasteiger charge is 2.25. The molecule has 3 nitrogen and oxygen atoms in total. The average Bonchev–Trinajstić information content (AvgIpc) is 2.15. The Labute approximate surface area is 93.9 Å². The van der Waals surface area contributed by atoms with Crippen molar-refractivity contribution in [2.75, 3.05) is 26.2 Å². The summed E-state index contributed by atoms with van der Waals surface area (Å²) in [5.41, 5.74) is 0. The highest BCUT2D eigenvalue weighted by atomic mass is 16.3. The molecule has 1 rings (SSSR count). The molecule has 1 fully saturated rings. The van der Waals surface area contributed by atoms with E-state index in [2.05, 4.69) is 24.1 Å². The van der Waals surface area contributed by atoms with Gasteiger partial charge in [-0.05, 0) is 38.8 Å². The second-order valence-corrected chi connectivity index (χ2v) is 4.94. The molecule has 1 aliphatic rings. The minimum absolute atomic E-state index is 0.197. The van der Waals surface area contributed by atoms with Crippen molar-refractivity contribution in [1.29, 1.82) is 0 Å². The molecular formula is C12H26N2O. The van der Waals surface area contributed by atoms with Gasteiger partial charge in [0.15, 0.2) is 0 Å². The summed E-state index contributed by atoms with van der Waals surface area (Å²) in [4.78, 5) is 2.37. The quantitative estimate of drug-likeness (QED) is 0.719. The molecule has 3 atom stereocenters. The van der Waals surface area contributed by atoms with Gasteiger partial charge in [-0.15, -0.1) is 0 Å². The number of aliphatic hydroxyl groups excluding tert-OH is 1. The second-order valence-electron chi connectivity index (χ2n) is 4.94. The van der Waals surface area contributed by atoms with Gasteiger partial charge < -0.3 is 15.3 Å². The van der Waals surface area contributed by atoms with Gasteiger partial charge >= 0.3 is 0 Å². The molecule has 0 spiro atoms. The van der Waals surface area contributed by atoms with Gasteiger partial charge in [0.2, 0.25) is 0 Å². The van der Waals surface area contributed by atoms with Crippen LogP contribution < -0.4 is 5.32 Å². The Kier molecular flexibility index (Phi) is 5.58. The van der Waals surface area contributed by atoms with Crippen molar-refractivity contribution in [2.45, 2.75) is 45.8 Å². The molecule has 0 aromatic rings. The first-order valence-electron chi connectivity index (χ1n) is 6.27. The van der Waals surface area contributed by atoms with E-state index >= 15 is 0 Å². The van der Waals surface area contributed by atoms with Crippen LogP contribution in [0.15, 0.2) is 0 Å². The van der Waals surface area contributed by atoms with Crippen LogP contribution in [0.3, 0.4) is 0 Å². The van der Waals surface area contributed by atoms with Gasteiger partial charge in [-0.25, -0.2) is 0 Å². The van der Waals surface area contributed by atoms with Crippen LogP contribution in [0.5, 0.6) is 0 Å². The van der Waals surface area contributed by atoms with Crippen molar-refractivity contribution >= 4 is 0 Å². The predicted octanol–water partition coefficient (Wildman–Crippen LogP) is 1.08. The molecule has 0 aromatic carbocycles. The van der Waals surface area contributed by atoms with Crippen LogP contribution in [-0.4, -0.2) is 48.3 Å². The molecule has 15 heavy (non-hydrogen) atoms. The van der Waals surface area contributed by atoms with E-state index in [1.165, 1.54) is 12.8 Å². The molecule has 1 aliphatic heterocycles. The summed E-state index contributed by atoms with van der Waals surface area (Å²) in [7, 11) is 0. The van der Waals surface area contributed by atoms with Crippen LogP contribution in [-0.2, 0) is 0 Å². The van der Waals surface area contributed by atoms with Crippen LogP contribution in [0, 0.1) is 5.92 Å². The monoisotopic (exact) mass is 214 g/mol. The van der Waals surface area contributed by atoms with E-state index in [4.69, 9.17) is 0 Å². The predicted molar refractivity (Wildman–Crippen MR) is 64.0 cm³/mol. The van der Waals surface area contributed by atoms with Crippen molar-refractivity contribution in [3.63, 3.8) is 0 Å². The standard InChI is InChI=1S/C12H26N2O/c1-4-6-13-12-5-7-14(8-10(12)2)9-11(3)15/h10-13,15H,4-9H2,1-3H3. The van der Waals surface area contributed by atoms with Gasteiger partial charge in [0, 0.05) is 19.1 Å². The third kappa shape index (κ3) is 4.49. The summed E-state index contributed by atoms with van der Waals surface area (Å²) in [6, 6.07) is 0.676. The summed E-state index contributed by atoms with van der Waals surface area (Å²) >= 11 is 0. The Balaban J connectivity index is 2.27. The zero-order valence-corrected chi connectivity index (χ0v) is 10.4. The third-order valence-electron chi connectivity index (χ3n) is 3.17. The Morgan fingerprint density at radius 3 is 2.80 bits per heavy atom. The molecule has 90 valence electrons. The molecule has 3 unspecified atom stereocenters. The largest absolute Gasteiger partial charge is 0.392 e. The first kappa shape index (κ1) is 12.9. The van der Waals surface area contributed by atoms with Crippen LogP contribution >= 0.6 is 0 Å². The number of piperidine rings is 1. The van der Waals surface area contributed by atoms with Gasteiger partial charge in [0.1, 0.15) is 0 Å². The third-order valence-corrected chi connectivity index (χ3v) is 3.17. The first-order valence-corrected chi connectivity index (χ1v) is 6.27. The van der Waals surface area contributed by atoms with Gasteiger partial charge in [-0.3, -0.25) is 0 Å². The molecule has 0 bridgehead atoms. The molecule has 1 saturated heterocycles.